The van der Waals surface area contributed by atoms with E-state index in [1.165, 1.54) is 18.9 Å². The highest BCUT2D eigenvalue weighted by Crippen LogP contribution is 1.86. The van der Waals surface area contributed by atoms with Crippen molar-refractivity contribution in [3.63, 3.8) is 0 Å². The molecule has 2 radical (unpaired) electrons. The van der Waals surface area contributed by atoms with Crippen molar-refractivity contribution in [2.75, 3.05) is 0 Å². The maximum absolute atomic E-state index is 2.70. The zero-order valence-corrected chi connectivity index (χ0v) is 4.85. The minimum atomic E-state index is 1.26. The van der Waals surface area contributed by atoms with Crippen molar-refractivity contribution in [1.29, 1.82) is 0 Å². The average molecular weight is 86.2 g/mol. The second kappa shape index (κ2) is 4.22. The quantitative estimate of drug-likeness (QED) is 0.441. The molecule has 0 aromatic carbocycles. The minimum absolute atomic E-state index is 1.26. The fraction of sp³-hybridized carbons (Fsp3) is 1.00. The summed E-state index contributed by atoms with van der Waals surface area (Å²) in [6.45, 7) is 2.20. The van der Waals surface area contributed by atoms with Crippen LogP contribution in [0.25, 0.3) is 0 Å². The van der Waals surface area contributed by atoms with Crippen LogP contribution >= 0.6 is 0 Å². The zero-order chi connectivity index (χ0) is 4.12. The topological polar surface area (TPSA) is 0 Å². The number of rotatable bonds is 2. The van der Waals surface area contributed by atoms with Crippen LogP contribution in [0.15, 0.2) is 0 Å². The standard InChI is InChI=1S/C4H10Si/c1-2-3-4-5/h5H,2-4H2,1H3. The van der Waals surface area contributed by atoms with Gasteiger partial charge < -0.3 is 0 Å². The lowest BCUT2D eigenvalue weighted by atomic mass is 10.4. The van der Waals surface area contributed by atoms with Gasteiger partial charge in [-0.1, -0.05) is 25.8 Å². The van der Waals surface area contributed by atoms with Crippen LogP contribution in [0.3, 0.4) is 0 Å². The molecule has 0 saturated heterocycles. The fourth-order valence-corrected chi connectivity index (χ4v) is 0.612. The summed E-state index contributed by atoms with van der Waals surface area (Å²) in [7, 11) is 2.70. The van der Waals surface area contributed by atoms with Crippen LogP contribution in [0.2, 0.25) is 6.04 Å². The summed E-state index contributed by atoms with van der Waals surface area (Å²) < 4.78 is 0. The third-order valence-electron chi connectivity index (χ3n) is 0.558. The first-order valence-electron chi connectivity index (χ1n) is 2.12. The van der Waals surface area contributed by atoms with Crippen molar-refractivity contribution in [3.8, 4) is 0 Å². The average Bonchev–Trinajstić information content (AvgIpc) is 1.41. The van der Waals surface area contributed by atoms with Crippen LogP contribution in [0.5, 0.6) is 0 Å². The molecular formula is C4H10Si. The van der Waals surface area contributed by atoms with Gasteiger partial charge in [0, 0.05) is 10.2 Å². The molecule has 0 heterocycles. The normalized spacial score (nSPS) is 8.40. The van der Waals surface area contributed by atoms with Crippen LogP contribution in [-0.4, -0.2) is 10.2 Å². The maximum Gasteiger partial charge on any atom is 0.0143 e. The maximum atomic E-state index is 2.70. The van der Waals surface area contributed by atoms with E-state index >= 15 is 0 Å². The fourth-order valence-electron chi connectivity index (χ4n) is 0.204. The zero-order valence-electron chi connectivity index (χ0n) is 3.70. The van der Waals surface area contributed by atoms with Gasteiger partial charge in [0.25, 0.3) is 0 Å². The molecule has 0 atom stereocenters. The molecule has 0 nitrogen and oxygen atoms in total. The van der Waals surface area contributed by atoms with Gasteiger partial charge in [-0.05, 0) is 0 Å². The third-order valence-corrected chi connectivity index (χ3v) is 0.966. The van der Waals surface area contributed by atoms with Gasteiger partial charge in [-0.15, -0.1) is 0 Å². The highest BCUT2D eigenvalue weighted by molar-refractivity contribution is 6.08. The second-order valence-corrected chi connectivity index (χ2v) is 1.72. The molecule has 0 bridgehead atoms. The molecule has 0 fully saturated rings. The van der Waals surface area contributed by atoms with Crippen molar-refractivity contribution < 1.29 is 0 Å². The third kappa shape index (κ3) is 4.22. The van der Waals surface area contributed by atoms with Crippen LogP contribution in [-0.2, 0) is 0 Å². The lowest BCUT2D eigenvalue weighted by molar-refractivity contribution is 0.884. The Morgan fingerprint density at radius 2 is 2.20 bits per heavy atom. The van der Waals surface area contributed by atoms with E-state index in [1.807, 2.05) is 0 Å². The summed E-state index contributed by atoms with van der Waals surface area (Å²) in [5.74, 6) is 0. The molecule has 0 amide bonds. The first-order chi connectivity index (χ1) is 2.41. The van der Waals surface area contributed by atoms with E-state index in [4.69, 9.17) is 0 Å². The lowest BCUT2D eigenvalue weighted by Crippen LogP contribution is -1.63. The summed E-state index contributed by atoms with van der Waals surface area (Å²) >= 11 is 0. The number of hydrogen-bond acceptors (Lipinski definition) is 0. The van der Waals surface area contributed by atoms with Crippen molar-refractivity contribution >= 4 is 10.2 Å². The van der Waals surface area contributed by atoms with Gasteiger partial charge in [0.1, 0.15) is 0 Å². The first-order valence-corrected chi connectivity index (χ1v) is 2.93. The molecular weight excluding hydrogens is 76.1 g/mol. The van der Waals surface area contributed by atoms with Gasteiger partial charge in [-0.2, -0.15) is 0 Å². The highest BCUT2D eigenvalue weighted by Gasteiger charge is 1.68. The second-order valence-electron chi connectivity index (χ2n) is 1.14. The van der Waals surface area contributed by atoms with Crippen molar-refractivity contribution in [3.05, 3.63) is 0 Å². The molecule has 0 aromatic heterocycles. The van der Waals surface area contributed by atoms with Crippen LogP contribution < -0.4 is 0 Å². The molecule has 0 aliphatic carbocycles. The van der Waals surface area contributed by atoms with E-state index in [-0.39, 0.29) is 0 Å². The SMILES string of the molecule is CCCC[SiH]. The Morgan fingerprint density at radius 1 is 1.60 bits per heavy atom. The predicted octanol–water partition coefficient (Wildman–Crippen LogP) is 1.11. The van der Waals surface area contributed by atoms with Crippen molar-refractivity contribution in [1.82, 2.24) is 0 Å². The monoisotopic (exact) mass is 86.1 g/mol. The molecule has 5 heavy (non-hydrogen) atoms. The van der Waals surface area contributed by atoms with Gasteiger partial charge in [0.05, 0.1) is 0 Å². The Bertz CT molecular complexity index is 11.1. The largest absolute Gasteiger partial charge is 0.0654 e. The lowest BCUT2D eigenvalue weighted by Gasteiger charge is -1.78. The summed E-state index contributed by atoms with van der Waals surface area (Å²) in [5.41, 5.74) is 0. The summed E-state index contributed by atoms with van der Waals surface area (Å²) in [5, 5.41) is 0. The molecule has 0 rings (SSSR count). The smallest absolute Gasteiger partial charge is 0.0143 e. The van der Waals surface area contributed by atoms with E-state index < -0.39 is 0 Å². The van der Waals surface area contributed by atoms with E-state index in [2.05, 4.69) is 17.2 Å². The number of unbranched alkanes of at least 4 members (excludes halogenated alkanes) is 1. The van der Waals surface area contributed by atoms with Crippen molar-refractivity contribution in [2.45, 2.75) is 25.8 Å². The van der Waals surface area contributed by atoms with Crippen molar-refractivity contribution in [2.24, 2.45) is 0 Å². The molecule has 0 spiro atoms. The van der Waals surface area contributed by atoms with Gasteiger partial charge in [0.2, 0.25) is 0 Å². The Kier molecular flexibility index (Phi) is 4.40. The highest BCUT2D eigenvalue weighted by atomic mass is 28.1. The molecule has 0 saturated carbocycles. The molecule has 30 valence electrons. The Morgan fingerprint density at radius 3 is 2.20 bits per heavy atom. The molecule has 0 N–H and O–H groups in total. The summed E-state index contributed by atoms with van der Waals surface area (Å²) in [6.07, 6.45) is 2.67. The van der Waals surface area contributed by atoms with Gasteiger partial charge >= 0.3 is 0 Å². The first kappa shape index (κ1) is 5.22. The van der Waals surface area contributed by atoms with Crippen LogP contribution in [0.4, 0.5) is 0 Å². The van der Waals surface area contributed by atoms with Crippen LogP contribution in [0.1, 0.15) is 19.8 Å². The summed E-state index contributed by atoms with van der Waals surface area (Å²) in [6, 6.07) is 1.26. The van der Waals surface area contributed by atoms with Gasteiger partial charge in [0.15, 0.2) is 0 Å². The predicted molar refractivity (Wildman–Crippen MR) is 26.9 cm³/mol. The molecule has 0 unspecified atom stereocenters. The Labute approximate surface area is 37.0 Å². The molecule has 0 aromatic rings. The summed E-state index contributed by atoms with van der Waals surface area (Å²) in [4.78, 5) is 0. The van der Waals surface area contributed by atoms with Crippen LogP contribution in [0, 0.1) is 0 Å². The van der Waals surface area contributed by atoms with E-state index in [9.17, 15) is 0 Å². The Balaban J connectivity index is 2.19. The number of hydrogen-bond donors (Lipinski definition) is 0. The van der Waals surface area contributed by atoms with E-state index in [0.29, 0.717) is 0 Å². The van der Waals surface area contributed by atoms with E-state index in [1.54, 1.807) is 0 Å². The van der Waals surface area contributed by atoms with Gasteiger partial charge in [-0.3, -0.25) is 0 Å². The van der Waals surface area contributed by atoms with E-state index in [0.717, 1.165) is 0 Å². The Hall–Kier alpha value is 0.217. The molecule has 0 aliphatic heterocycles. The molecule has 1 heteroatoms. The minimum Gasteiger partial charge on any atom is -0.0654 e. The molecule has 0 aliphatic rings. The van der Waals surface area contributed by atoms with Gasteiger partial charge in [-0.25, -0.2) is 0 Å².